The van der Waals surface area contributed by atoms with Gasteiger partial charge in [-0.25, -0.2) is 13.1 Å². The van der Waals surface area contributed by atoms with E-state index >= 15 is 0 Å². The molecule has 0 aromatic heterocycles. The summed E-state index contributed by atoms with van der Waals surface area (Å²) in [5, 5.41) is 5.98. The second kappa shape index (κ2) is 7.02. The Hall–Kier alpha value is -1.44. The largest absolute Gasteiger partial charge is 0.325 e. The lowest BCUT2D eigenvalue weighted by molar-refractivity contribution is -0.118. The molecule has 1 unspecified atom stereocenters. The molecule has 1 amide bonds. The molecule has 7 heteroatoms. The van der Waals surface area contributed by atoms with E-state index in [9.17, 15) is 13.2 Å². The van der Waals surface area contributed by atoms with Gasteiger partial charge in [0.25, 0.3) is 0 Å². The average molecular weight is 311 g/mol. The fourth-order valence-electron chi connectivity index (χ4n) is 2.30. The summed E-state index contributed by atoms with van der Waals surface area (Å²) in [6, 6.07) is 6.02. The molecule has 0 spiro atoms. The Balaban J connectivity index is 2.00. The van der Waals surface area contributed by atoms with Crippen molar-refractivity contribution >= 4 is 21.6 Å². The van der Waals surface area contributed by atoms with Gasteiger partial charge in [-0.3, -0.25) is 4.79 Å². The van der Waals surface area contributed by atoms with Crippen LogP contribution in [0.5, 0.6) is 0 Å². The highest BCUT2D eigenvalue weighted by Gasteiger charge is 2.20. The van der Waals surface area contributed by atoms with E-state index < -0.39 is 10.0 Å². The maximum Gasteiger partial charge on any atom is 0.241 e. The van der Waals surface area contributed by atoms with Crippen LogP contribution in [0, 0.1) is 0 Å². The van der Waals surface area contributed by atoms with E-state index in [1.807, 2.05) is 0 Å². The summed E-state index contributed by atoms with van der Waals surface area (Å²) in [6.45, 7) is 2.93. The van der Waals surface area contributed by atoms with Crippen molar-refractivity contribution in [3.8, 4) is 0 Å². The van der Waals surface area contributed by atoms with Gasteiger partial charge in [-0.2, -0.15) is 0 Å². The lowest BCUT2D eigenvalue weighted by Crippen LogP contribution is -2.43. The monoisotopic (exact) mass is 311 g/mol. The normalized spacial score (nSPS) is 19.2. The van der Waals surface area contributed by atoms with Crippen molar-refractivity contribution in [2.24, 2.45) is 0 Å². The molecule has 1 aromatic carbocycles. The second-order valence-corrected chi connectivity index (χ2v) is 6.78. The molecule has 0 saturated carbocycles. The van der Waals surface area contributed by atoms with Gasteiger partial charge < -0.3 is 10.6 Å². The molecule has 2 rings (SSSR count). The van der Waals surface area contributed by atoms with Crippen LogP contribution in [0.25, 0.3) is 0 Å². The molecule has 0 radical (unpaired) electrons. The van der Waals surface area contributed by atoms with Gasteiger partial charge in [0, 0.05) is 12.2 Å². The van der Waals surface area contributed by atoms with Crippen molar-refractivity contribution in [3.05, 3.63) is 24.3 Å². The van der Waals surface area contributed by atoms with Gasteiger partial charge in [-0.05, 0) is 43.7 Å². The number of amides is 1. The minimum absolute atomic E-state index is 0.0722. The molecule has 1 aliphatic rings. The first-order chi connectivity index (χ1) is 10.0. The minimum Gasteiger partial charge on any atom is -0.325 e. The van der Waals surface area contributed by atoms with Gasteiger partial charge in [0.15, 0.2) is 0 Å². The quantitative estimate of drug-likeness (QED) is 0.759. The summed E-state index contributed by atoms with van der Waals surface area (Å²) in [6.07, 6.45) is 2.98. The maximum atomic E-state index is 12.0. The summed E-state index contributed by atoms with van der Waals surface area (Å²) in [4.78, 5) is 12.2. The molecule has 116 valence electrons. The Morgan fingerprint density at radius 3 is 2.57 bits per heavy atom. The Morgan fingerprint density at radius 1 is 1.29 bits per heavy atom. The van der Waals surface area contributed by atoms with E-state index in [0.717, 1.165) is 25.8 Å². The predicted molar refractivity (Wildman–Crippen MR) is 81.6 cm³/mol. The summed E-state index contributed by atoms with van der Waals surface area (Å²) in [5.41, 5.74) is 0.600. The van der Waals surface area contributed by atoms with Crippen molar-refractivity contribution in [2.45, 2.75) is 37.1 Å². The molecule has 1 heterocycles. The van der Waals surface area contributed by atoms with Crippen LogP contribution in [0.1, 0.15) is 26.2 Å². The summed E-state index contributed by atoms with van der Waals surface area (Å²) < 4.78 is 26.0. The Labute approximate surface area is 125 Å². The lowest BCUT2D eigenvalue weighted by atomic mass is 10.0. The third-order valence-corrected chi connectivity index (χ3v) is 4.95. The first-order valence-electron chi connectivity index (χ1n) is 7.17. The number of hydrogen-bond donors (Lipinski definition) is 3. The van der Waals surface area contributed by atoms with E-state index in [1.165, 1.54) is 12.1 Å². The van der Waals surface area contributed by atoms with Crippen LogP contribution in [0.2, 0.25) is 0 Å². The number of carbonyl (C=O) groups is 1. The number of rotatable bonds is 5. The summed E-state index contributed by atoms with van der Waals surface area (Å²) in [5.74, 6) is -0.0722. The molecular formula is C14H21N3O3S. The average Bonchev–Trinajstić information content (AvgIpc) is 2.48. The standard InChI is InChI=1S/C14H21N3O3S/c1-2-16-21(19,20)12-8-6-11(7-9-12)17-14(18)13-5-3-4-10-15-13/h6-9,13,15-16H,2-5,10H2,1H3,(H,17,18). The number of hydrogen-bond acceptors (Lipinski definition) is 4. The first kappa shape index (κ1) is 15.9. The van der Waals surface area contributed by atoms with Gasteiger partial charge in [-0.15, -0.1) is 0 Å². The van der Waals surface area contributed by atoms with Crippen molar-refractivity contribution < 1.29 is 13.2 Å². The molecule has 1 fully saturated rings. The van der Waals surface area contributed by atoms with Gasteiger partial charge in [-0.1, -0.05) is 13.3 Å². The molecule has 0 aliphatic carbocycles. The van der Waals surface area contributed by atoms with Gasteiger partial charge in [0.05, 0.1) is 10.9 Å². The van der Waals surface area contributed by atoms with E-state index in [-0.39, 0.29) is 16.8 Å². The van der Waals surface area contributed by atoms with Crippen LogP contribution in [-0.2, 0) is 14.8 Å². The highest BCUT2D eigenvalue weighted by atomic mass is 32.2. The predicted octanol–water partition coefficient (Wildman–Crippen LogP) is 1.07. The molecule has 6 nitrogen and oxygen atoms in total. The van der Waals surface area contributed by atoms with E-state index in [0.29, 0.717) is 12.2 Å². The zero-order valence-corrected chi connectivity index (χ0v) is 12.9. The highest BCUT2D eigenvalue weighted by Crippen LogP contribution is 2.15. The Morgan fingerprint density at radius 2 is 2.00 bits per heavy atom. The van der Waals surface area contributed by atoms with Crippen molar-refractivity contribution in [3.63, 3.8) is 0 Å². The van der Waals surface area contributed by atoms with Crippen LogP contribution in [0.4, 0.5) is 5.69 Å². The van der Waals surface area contributed by atoms with Gasteiger partial charge in [0.1, 0.15) is 0 Å². The molecule has 1 aliphatic heterocycles. The molecule has 1 atom stereocenters. The number of anilines is 1. The van der Waals surface area contributed by atoms with E-state index in [2.05, 4.69) is 15.4 Å². The molecule has 1 aromatic rings. The van der Waals surface area contributed by atoms with Crippen molar-refractivity contribution in [1.82, 2.24) is 10.0 Å². The number of benzene rings is 1. The van der Waals surface area contributed by atoms with E-state index in [4.69, 9.17) is 0 Å². The van der Waals surface area contributed by atoms with Crippen LogP contribution < -0.4 is 15.4 Å². The minimum atomic E-state index is -3.45. The Bertz CT molecular complexity index is 578. The maximum absolute atomic E-state index is 12.0. The number of piperidine rings is 1. The van der Waals surface area contributed by atoms with Gasteiger partial charge in [0.2, 0.25) is 15.9 Å². The molecule has 1 saturated heterocycles. The molecular weight excluding hydrogens is 290 g/mol. The Kier molecular flexibility index (Phi) is 5.33. The number of sulfonamides is 1. The van der Waals surface area contributed by atoms with E-state index in [1.54, 1.807) is 19.1 Å². The van der Waals surface area contributed by atoms with Crippen molar-refractivity contribution in [1.29, 1.82) is 0 Å². The molecule has 0 bridgehead atoms. The molecule has 21 heavy (non-hydrogen) atoms. The third-order valence-electron chi connectivity index (χ3n) is 3.39. The number of carbonyl (C=O) groups excluding carboxylic acids is 1. The van der Waals surface area contributed by atoms with Crippen LogP contribution in [0.15, 0.2) is 29.2 Å². The summed E-state index contributed by atoms with van der Waals surface area (Å²) >= 11 is 0. The zero-order chi connectivity index (χ0) is 15.3. The van der Waals surface area contributed by atoms with Crippen LogP contribution in [0.3, 0.4) is 0 Å². The fraction of sp³-hybridized carbons (Fsp3) is 0.500. The SMILES string of the molecule is CCNS(=O)(=O)c1ccc(NC(=O)C2CCCCN2)cc1. The lowest BCUT2D eigenvalue weighted by Gasteiger charge is -2.22. The summed E-state index contributed by atoms with van der Waals surface area (Å²) in [7, 11) is -3.45. The highest BCUT2D eigenvalue weighted by molar-refractivity contribution is 7.89. The third kappa shape index (κ3) is 4.26. The van der Waals surface area contributed by atoms with Crippen molar-refractivity contribution in [2.75, 3.05) is 18.4 Å². The molecule has 3 N–H and O–H groups in total. The smallest absolute Gasteiger partial charge is 0.241 e. The van der Waals surface area contributed by atoms with Crippen LogP contribution in [-0.4, -0.2) is 33.5 Å². The zero-order valence-electron chi connectivity index (χ0n) is 12.1. The number of nitrogens with one attached hydrogen (secondary N) is 3. The second-order valence-electron chi connectivity index (χ2n) is 5.02. The fourth-order valence-corrected chi connectivity index (χ4v) is 3.34. The van der Waals surface area contributed by atoms with Gasteiger partial charge >= 0.3 is 0 Å². The van der Waals surface area contributed by atoms with Crippen LogP contribution >= 0.6 is 0 Å². The topological polar surface area (TPSA) is 87.3 Å². The first-order valence-corrected chi connectivity index (χ1v) is 8.65.